The molecule has 1 aliphatic carbocycles. The van der Waals surface area contributed by atoms with Crippen molar-refractivity contribution in [2.24, 2.45) is 5.92 Å². The Balaban J connectivity index is 0.00000121. The Morgan fingerprint density at radius 1 is 1.00 bits per heavy atom. The molecule has 22 heavy (non-hydrogen) atoms. The third-order valence-corrected chi connectivity index (χ3v) is 5.67. The van der Waals surface area contributed by atoms with Gasteiger partial charge in [-0.05, 0) is 30.9 Å². The molecule has 1 aromatic carbocycles. The molecule has 3 rings (SSSR count). The Hall–Kier alpha value is 0.590. The molecule has 1 saturated carbocycles. The molecule has 1 atom stereocenters. The SMILES string of the molecule is Cl.Cl.Clc1ccc(Cl)c([C@H](C2CCC2)N2CCNCC2)c1Cl. The van der Waals surface area contributed by atoms with E-state index >= 15 is 0 Å². The first-order chi connectivity index (χ1) is 9.68. The molecule has 2 fully saturated rings. The summed E-state index contributed by atoms with van der Waals surface area (Å²) in [4.78, 5) is 2.52. The standard InChI is InChI=1S/C15H19Cl3N2.2ClH/c16-11-4-5-12(17)14(18)13(11)15(10-2-1-3-10)20-8-6-19-7-9-20;;/h4-5,10,15,19H,1-3,6-9H2;2*1H/t15-;;/m0../s1. The summed E-state index contributed by atoms with van der Waals surface area (Å²) in [5, 5.41) is 5.38. The quantitative estimate of drug-likeness (QED) is 0.691. The third kappa shape index (κ3) is 4.16. The molecule has 7 heteroatoms. The zero-order chi connectivity index (χ0) is 14.1. The Bertz CT molecular complexity index is 487. The highest BCUT2D eigenvalue weighted by atomic mass is 35.5. The number of rotatable bonds is 3. The third-order valence-electron chi connectivity index (χ3n) is 4.52. The molecule has 126 valence electrons. The lowest BCUT2D eigenvalue weighted by Crippen LogP contribution is -2.48. The van der Waals surface area contributed by atoms with E-state index in [9.17, 15) is 0 Å². The van der Waals surface area contributed by atoms with Gasteiger partial charge in [-0.15, -0.1) is 24.8 Å². The lowest BCUT2D eigenvalue weighted by Gasteiger charge is -2.44. The zero-order valence-corrected chi connectivity index (χ0v) is 16.1. The van der Waals surface area contributed by atoms with Crippen LogP contribution in [0.25, 0.3) is 0 Å². The van der Waals surface area contributed by atoms with Gasteiger partial charge in [-0.1, -0.05) is 41.2 Å². The minimum absolute atomic E-state index is 0. The maximum Gasteiger partial charge on any atom is 0.0655 e. The zero-order valence-electron chi connectivity index (χ0n) is 12.2. The van der Waals surface area contributed by atoms with Crippen LogP contribution >= 0.6 is 59.6 Å². The second-order valence-electron chi connectivity index (χ2n) is 5.68. The summed E-state index contributed by atoms with van der Waals surface area (Å²) in [5.41, 5.74) is 1.03. The van der Waals surface area contributed by atoms with Crippen LogP contribution in [-0.4, -0.2) is 31.1 Å². The van der Waals surface area contributed by atoms with Crippen LogP contribution in [0.5, 0.6) is 0 Å². The molecule has 1 aromatic rings. The van der Waals surface area contributed by atoms with Gasteiger partial charge in [0, 0.05) is 42.8 Å². The summed E-state index contributed by atoms with van der Waals surface area (Å²) in [6.45, 7) is 4.14. The van der Waals surface area contributed by atoms with E-state index < -0.39 is 0 Å². The largest absolute Gasteiger partial charge is 0.314 e. The molecule has 0 bridgehead atoms. The van der Waals surface area contributed by atoms with Crippen molar-refractivity contribution in [3.63, 3.8) is 0 Å². The van der Waals surface area contributed by atoms with E-state index in [4.69, 9.17) is 34.8 Å². The fourth-order valence-corrected chi connectivity index (χ4v) is 4.01. The molecule has 0 unspecified atom stereocenters. The number of nitrogens with one attached hydrogen (secondary N) is 1. The predicted octanol–water partition coefficient (Wildman–Crippen LogP) is 5.24. The second kappa shape index (κ2) is 9.17. The van der Waals surface area contributed by atoms with Crippen LogP contribution in [0, 0.1) is 5.92 Å². The van der Waals surface area contributed by atoms with Gasteiger partial charge in [0.25, 0.3) is 0 Å². The molecule has 1 heterocycles. The van der Waals surface area contributed by atoms with Crippen molar-refractivity contribution in [1.82, 2.24) is 10.2 Å². The molecular formula is C15H21Cl5N2. The van der Waals surface area contributed by atoms with E-state index in [2.05, 4.69) is 10.2 Å². The number of piperazine rings is 1. The van der Waals surface area contributed by atoms with Crippen LogP contribution < -0.4 is 5.32 Å². The molecule has 0 aromatic heterocycles. The first-order valence-corrected chi connectivity index (χ1v) is 8.40. The highest BCUT2D eigenvalue weighted by molar-refractivity contribution is 6.44. The van der Waals surface area contributed by atoms with E-state index in [-0.39, 0.29) is 24.8 Å². The number of nitrogens with zero attached hydrogens (tertiary/aromatic N) is 1. The lowest BCUT2D eigenvalue weighted by molar-refractivity contribution is 0.0838. The van der Waals surface area contributed by atoms with E-state index in [0.717, 1.165) is 36.8 Å². The van der Waals surface area contributed by atoms with Gasteiger partial charge >= 0.3 is 0 Å². The summed E-state index contributed by atoms with van der Waals surface area (Å²) in [6.07, 6.45) is 3.82. The number of hydrogen-bond acceptors (Lipinski definition) is 2. The molecule has 1 saturated heterocycles. The molecular weight excluding hydrogens is 385 g/mol. The van der Waals surface area contributed by atoms with Crippen molar-refractivity contribution < 1.29 is 0 Å². The number of benzene rings is 1. The van der Waals surface area contributed by atoms with Gasteiger partial charge in [-0.3, -0.25) is 4.90 Å². The molecule has 1 N–H and O–H groups in total. The van der Waals surface area contributed by atoms with Crippen molar-refractivity contribution in [2.45, 2.75) is 25.3 Å². The average Bonchev–Trinajstić information content (AvgIpc) is 2.41. The predicted molar refractivity (Wildman–Crippen MR) is 100 cm³/mol. The van der Waals surface area contributed by atoms with Crippen LogP contribution in [-0.2, 0) is 0 Å². The lowest BCUT2D eigenvalue weighted by atomic mass is 9.76. The maximum atomic E-state index is 6.48. The van der Waals surface area contributed by atoms with E-state index in [0.29, 0.717) is 22.0 Å². The molecule has 0 spiro atoms. The minimum atomic E-state index is 0. The normalized spacial score (nSPS) is 20.5. The molecule has 0 amide bonds. The van der Waals surface area contributed by atoms with Crippen molar-refractivity contribution in [2.75, 3.05) is 26.2 Å². The summed E-state index contributed by atoms with van der Waals surface area (Å²) < 4.78 is 0. The summed E-state index contributed by atoms with van der Waals surface area (Å²) in [6, 6.07) is 3.97. The fourth-order valence-electron chi connectivity index (χ4n) is 3.25. The van der Waals surface area contributed by atoms with Gasteiger partial charge < -0.3 is 5.32 Å². The van der Waals surface area contributed by atoms with Crippen molar-refractivity contribution in [3.05, 3.63) is 32.8 Å². The van der Waals surface area contributed by atoms with Crippen molar-refractivity contribution in [3.8, 4) is 0 Å². The molecule has 0 radical (unpaired) electrons. The fraction of sp³-hybridized carbons (Fsp3) is 0.600. The first-order valence-electron chi connectivity index (χ1n) is 7.26. The Kier molecular flexibility index (Phi) is 8.60. The van der Waals surface area contributed by atoms with E-state index in [1.165, 1.54) is 19.3 Å². The van der Waals surface area contributed by atoms with Gasteiger partial charge in [0.2, 0.25) is 0 Å². The highest BCUT2D eigenvalue weighted by Gasteiger charge is 2.36. The van der Waals surface area contributed by atoms with Crippen LogP contribution in [0.4, 0.5) is 0 Å². The molecule has 2 aliphatic rings. The van der Waals surface area contributed by atoms with Crippen LogP contribution in [0.15, 0.2) is 12.1 Å². The van der Waals surface area contributed by atoms with Gasteiger partial charge in [0.1, 0.15) is 0 Å². The van der Waals surface area contributed by atoms with E-state index in [1.54, 1.807) is 6.07 Å². The Morgan fingerprint density at radius 2 is 1.59 bits per heavy atom. The maximum absolute atomic E-state index is 6.48. The first kappa shape index (κ1) is 20.6. The second-order valence-corrected chi connectivity index (χ2v) is 6.87. The highest BCUT2D eigenvalue weighted by Crippen LogP contribution is 2.47. The number of hydrogen-bond donors (Lipinski definition) is 1. The molecule has 2 nitrogen and oxygen atoms in total. The van der Waals surface area contributed by atoms with Gasteiger partial charge in [0.05, 0.1) is 10.0 Å². The van der Waals surface area contributed by atoms with Gasteiger partial charge in [-0.2, -0.15) is 0 Å². The van der Waals surface area contributed by atoms with Crippen molar-refractivity contribution in [1.29, 1.82) is 0 Å². The summed E-state index contributed by atoms with van der Waals surface area (Å²) >= 11 is 19.1. The van der Waals surface area contributed by atoms with E-state index in [1.807, 2.05) is 6.07 Å². The Labute approximate surface area is 159 Å². The van der Waals surface area contributed by atoms with Gasteiger partial charge in [0.15, 0.2) is 0 Å². The summed E-state index contributed by atoms with van der Waals surface area (Å²) in [5.74, 6) is 0.654. The molecule has 1 aliphatic heterocycles. The monoisotopic (exact) mass is 404 g/mol. The van der Waals surface area contributed by atoms with Crippen LogP contribution in [0.1, 0.15) is 30.9 Å². The topological polar surface area (TPSA) is 15.3 Å². The minimum Gasteiger partial charge on any atom is -0.314 e. The summed E-state index contributed by atoms with van der Waals surface area (Å²) in [7, 11) is 0. The van der Waals surface area contributed by atoms with Crippen LogP contribution in [0.2, 0.25) is 15.1 Å². The number of halogens is 5. The van der Waals surface area contributed by atoms with Gasteiger partial charge in [-0.25, -0.2) is 0 Å². The van der Waals surface area contributed by atoms with Crippen molar-refractivity contribution >= 4 is 59.6 Å². The average molecular weight is 407 g/mol. The van der Waals surface area contributed by atoms with Crippen LogP contribution in [0.3, 0.4) is 0 Å². The smallest absolute Gasteiger partial charge is 0.0655 e. The Morgan fingerprint density at radius 3 is 2.14 bits per heavy atom.